The van der Waals surface area contributed by atoms with Crippen molar-refractivity contribution in [2.45, 2.75) is 39.0 Å². The standard InChI is InChI=1S/C21H28N6/c1-16-7-4-5-8-18(16)20(25(2)3)15-26-12-10-23-21(26)19-13-17-14-22-9-6-11-27(17)24-19/h4-5,7-8,10,12-13,20,22H,6,9,11,14-15H2,1-3H3/t20-/m0/s1. The Balaban J connectivity index is 1.64. The Morgan fingerprint density at radius 3 is 2.93 bits per heavy atom. The molecule has 0 spiro atoms. The Kier molecular flexibility index (Phi) is 5.09. The van der Waals surface area contributed by atoms with E-state index in [0.29, 0.717) is 0 Å². The minimum atomic E-state index is 0.279. The van der Waals surface area contributed by atoms with Crippen molar-refractivity contribution in [1.82, 2.24) is 29.5 Å². The molecule has 2 aromatic heterocycles. The molecule has 0 amide bonds. The van der Waals surface area contributed by atoms with Gasteiger partial charge in [0.25, 0.3) is 0 Å². The number of aryl methyl sites for hydroxylation is 2. The van der Waals surface area contributed by atoms with Crippen molar-refractivity contribution >= 4 is 0 Å². The van der Waals surface area contributed by atoms with Gasteiger partial charge in [-0.15, -0.1) is 0 Å². The summed E-state index contributed by atoms with van der Waals surface area (Å²) < 4.78 is 4.35. The molecule has 0 saturated heterocycles. The lowest BCUT2D eigenvalue weighted by Gasteiger charge is -2.27. The summed E-state index contributed by atoms with van der Waals surface area (Å²) >= 11 is 0. The fraction of sp³-hybridized carbons (Fsp3) is 0.429. The number of aromatic nitrogens is 4. The average Bonchev–Trinajstić information content (AvgIpc) is 3.21. The molecule has 6 nitrogen and oxygen atoms in total. The summed E-state index contributed by atoms with van der Waals surface area (Å²) in [5.41, 5.74) is 4.87. The molecule has 3 heterocycles. The van der Waals surface area contributed by atoms with Gasteiger partial charge in [-0.3, -0.25) is 4.68 Å². The first kappa shape index (κ1) is 17.9. The Bertz CT molecular complexity index is 884. The van der Waals surface area contributed by atoms with Crippen LogP contribution < -0.4 is 5.32 Å². The van der Waals surface area contributed by atoms with Crippen molar-refractivity contribution in [3.63, 3.8) is 0 Å². The van der Waals surface area contributed by atoms with Crippen molar-refractivity contribution in [2.75, 3.05) is 20.6 Å². The first-order valence-corrected chi connectivity index (χ1v) is 9.64. The minimum Gasteiger partial charge on any atom is -0.328 e. The zero-order valence-corrected chi connectivity index (χ0v) is 16.4. The molecule has 27 heavy (non-hydrogen) atoms. The average molecular weight is 364 g/mol. The predicted molar refractivity (Wildman–Crippen MR) is 107 cm³/mol. The van der Waals surface area contributed by atoms with Crippen LogP contribution in [0.25, 0.3) is 11.5 Å². The van der Waals surface area contributed by atoms with E-state index in [4.69, 9.17) is 5.10 Å². The van der Waals surface area contributed by atoms with Gasteiger partial charge in [-0.1, -0.05) is 24.3 Å². The van der Waals surface area contributed by atoms with Crippen LogP contribution in [0.2, 0.25) is 0 Å². The van der Waals surface area contributed by atoms with E-state index in [2.05, 4.69) is 82.0 Å². The van der Waals surface area contributed by atoms with Gasteiger partial charge in [-0.25, -0.2) is 4.98 Å². The summed E-state index contributed by atoms with van der Waals surface area (Å²) in [6.45, 7) is 5.91. The maximum Gasteiger partial charge on any atom is 0.160 e. The zero-order valence-electron chi connectivity index (χ0n) is 16.4. The van der Waals surface area contributed by atoms with Crippen LogP contribution in [0.3, 0.4) is 0 Å². The minimum absolute atomic E-state index is 0.279. The lowest BCUT2D eigenvalue weighted by molar-refractivity contribution is 0.269. The second kappa shape index (κ2) is 7.66. The molecule has 1 N–H and O–H groups in total. The van der Waals surface area contributed by atoms with Gasteiger partial charge in [-0.2, -0.15) is 5.10 Å². The SMILES string of the molecule is Cc1ccccc1[C@H](Cn1ccnc1-c1cc2n(n1)CCCNC2)N(C)C. The zero-order chi connectivity index (χ0) is 18.8. The van der Waals surface area contributed by atoms with Crippen molar-refractivity contribution in [3.05, 3.63) is 59.5 Å². The van der Waals surface area contributed by atoms with Crippen molar-refractivity contribution in [1.29, 1.82) is 0 Å². The molecule has 1 aliphatic rings. The summed E-state index contributed by atoms with van der Waals surface area (Å²) in [5, 5.41) is 8.29. The summed E-state index contributed by atoms with van der Waals surface area (Å²) in [5.74, 6) is 0.941. The number of rotatable bonds is 5. The Morgan fingerprint density at radius 2 is 2.11 bits per heavy atom. The largest absolute Gasteiger partial charge is 0.328 e. The van der Waals surface area contributed by atoms with Crippen LogP contribution in [-0.4, -0.2) is 44.9 Å². The van der Waals surface area contributed by atoms with Crippen molar-refractivity contribution in [2.24, 2.45) is 0 Å². The maximum absolute atomic E-state index is 4.84. The molecule has 0 aliphatic carbocycles. The molecule has 1 aromatic carbocycles. The van der Waals surface area contributed by atoms with Gasteiger partial charge in [0.15, 0.2) is 5.82 Å². The molecule has 0 unspecified atom stereocenters. The number of benzene rings is 1. The van der Waals surface area contributed by atoms with Gasteiger partial charge in [0.2, 0.25) is 0 Å². The van der Waals surface area contributed by atoms with E-state index >= 15 is 0 Å². The first-order valence-electron chi connectivity index (χ1n) is 9.64. The van der Waals surface area contributed by atoms with E-state index in [1.807, 2.05) is 6.20 Å². The highest BCUT2D eigenvalue weighted by atomic mass is 15.3. The number of hydrogen-bond donors (Lipinski definition) is 1. The monoisotopic (exact) mass is 364 g/mol. The molecule has 6 heteroatoms. The molecule has 0 bridgehead atoms. The summed E-state index contributed by atoms with van der Waals surface area (Å²) in [6, 6.07) is 11.1. The van der Waals surface area contributed by atoms with Gasteiger partial charge in [0, 0.05) is 32.0 Å². The first-order chi connectivity index (χ1) is 13.1. The Morgan fingerprint density at radius 1 is 1.26 bits per heavy atom. The van der Waals surface area contributed by atoms with E-state index in [9.17, 15) is 0 Å². The maximum atomic E-state index is 4.84. The predicted octanol–water partition coefficient (Wildman–Crippen LogP) is 2.85. The van der Waals surface area contributed by atoms with E-state index in [1.165, 1.54) is 16.8 Å². The van der Waals surface area contributed by atoms with E-state index in [0.717, 1.165) is 44.1 Å². The van der Waals surface area contributed by atoms with Gasteiger partial charge >= 0.3 is 0 Å². The third-order valence-corrected chi connectivity index (χ3v) is 5.38. The molecule has 1 aliphatic heterocycles. The summed E-state index contributed by atoms with van der Waals surface area (Å²) in [4.78, 5) is 6.91. The van der Waals surface area contributed by atoms with Crippen LogP contribution >= 0.6 is 0 Å². The number of hydrogen-bond acceptors (Lipinski definition) is 4. The number of nitrogens with zero attached hydrogens (tertiary/aromatic N) is 5. The van der Waals surface area contributed by atoms with Crippen molar-refractivity contribution < 1.29 is 0 Å². The van der Waals surface area contributed by atoms with Crippen LogP contribution in [0.5, 0.6) is 0 Å². The normalized spacial score (nSPS) is 15.6. The van der Waals surface area contributed by atoms with E-state index in [1.54, 1.807) is 0 Å². The third kappa shape index (κ3) is 3.68. The van der Waals surface area contributed by atoms with Crippen molar-refractivity contribution in [3.8, 4) is 11.5 Å². The van der Waals surface area contributed by atoms with Crippen LogP contribution in [0.1, 0.15) is 29.3 Å². The quantitative estimate of drug-likeness (QED) is 0.756. The molecule has 0 fully saturated rings. The molecule has 1 atom stereocenters. The molecule has 3 aromatic rings. The molecule has 0 radical (unpaired) electrons. The van der Waals surface area contributed by atoms with Gasteiger partial charge in [0.1, 0.15) is 5.69 Å². The fourth-order valence-corrected chi connectivity index (χ4v) is 3.85. The topological polar surface area (TPSA) is 50.9 Å². The highest BCUT2D eigenvalue weighted by molar-refractivity contribution is 5.50. The number of nitrogens with one attached hydrogen (secondary N) is 1. The number of imidazole rings is 1. The Hall–Kier alpha value is -2.44. The van der Waals surface area contributed by atoms with Gasteiger partial charge in [0.05, 0.1) is 11.7 Å². The molecule has 4 rings (SSSR count). The molecular formula is C21H28N6. The Labute approximate surface area is 160 Å². The third-order valence-electron chi connectivity index (χ3n) is 5.38. The molecule has 142 valence electrons. The van der Waals surface area contributed by atoms with Gasteiger partial charge < -0.3 is 14.8 Å². The smallest absolute Gasteiger partial charge is 0.160 e. The van der Waals surface area contributed by atoms with Crippen LogP contribution in [0.4, 0.5) is 0 Å². The highest BCUT2D eigenvalue weighted by Crippen LogP contribution is 2.26. The number of fused-ring (bicyclic) bond motifs is 1. The van der Waals surface area contributed by atoms with Crippen LogP contribution in [0.15, 0.2) is 42.7 Å². The van der Waals surface area contributed by atoms with E-state index in [-0.39, 0.29) is 6.04 Å². The summed E-state index contributed by atoms with van der Waals surface area (Å²) in [6.07, 6.45) is 5.05. The molecule has 0 saturated carbocycles. The van der Waals surface area contributed by atoms with Crippen LogP contribution in [0, 0.1) is 6.92 Å². The van der Waals surface area contributed by atoms with Crippen LogP contribution in [-0.2, 0) is 19.6 Å². The van der Waals surface area contributed by atoms with E-state index < -0.39 is 0 Å². The second-order valence-electron chi connectivity index (χ2n) is 7.51. The molecular weight excluding hydrogens is 336 g/mol. The lowest BCUT2D eigenvalue weighted by Crippen LogP contribution is -2.25. The second-order valence-corrected chi connectivity index (χ2v) is 7.51. The number of likely N-dealkylation sites (N-methyl/N-ethyl adjacent to an activating group) is 1. The fourth-order valence-electron chi connectivity index (χ4n) is 3.85. The lowest BCUT2D eigenvalue weighted by atomic mass is 10.0. The highest BCUT2D eigenvalue weighted by Gasteiger charge is 2.20. The summed E-state index contributed by atoms with van der Waals surface area (Å²) in [7, 11) is 4.27. The van der Waals surface area contributed by atoms with Gasteiger partial charge in [-0.05, 0) is 51.2 Å².